The van der Waals surface area contributed by atoms with Gasteiger partial charge in [0.25, 0.3) is 0 Å². The lowest BCUT2D eigenvalue weighted by Gasteiger charge is -2.30. The number of unbranched alkanes of at least 4 members (excludes halogenated alkanes) is 1. The van der Waals surface area contributed by atoms with Gasteiger partial charge in [0.1, 0.15) is 16.9 Å². The molecule has 166 valence electrons. The van der Waals surface area contributed by atoms with E-state index in [1.165, 1.54) is 11.1 Å². The fourth-order valence-electron chi connectivity index (χ4n) is 4.27. The molecule has 7 nitrogen and oxygen atoms in total. The molecular formula is C24H33N5O2. The zero-order valence-electron chi connectivity index (χ0n) is 19.4. The zero-order valence-corrected chi connectivity index (χ0v) is 19.4. The van der Waals surface area contributed by atoms with Crippen molar-refractivity contribution in [1.29, 1.82) is 0 Å². The maximum atomic E-state index is 12.5. The zero-order chi connectivity index (χ0) is 22.6. The molecule has 7 heteroatoms. The molecule has 0 saturated heterocycles. The van der Waals surface area contributed by atoms with Crippen molar-refractivity contribution in [2.75, 3.05) is 5.73 Å². The van der Waals surface area contributed by atoms with Gasteiger partial charge in [-0.3, -0.25) is 0 Å². The minimum atomic E-state index is -0.550. The summed E-state index contributed by atoms with van der Waals surface area (Å²) < 4.78 is 7.72. The van der Waals surface area contributed by atoms with Crippen LogP contribution in [0.1, 0.15) is 71.3 Å². The molecule has 3 N–H and O–H groups in total. The van der Waals surface area contributed by atoms with Gasteiger partial charge in [-0.1, -0.05) is 19.4 Å². The number of carbonyl (C=O) groups excluding carboxylic acids is 1. The number of ether oxygens (including phenoxy) is 1. The van der Waals surface area contributed by atoms with Crippen molar-refractivity contribution in [2.45, 2.75) is 84.9 Å². The van der Waals surface area contributed by atoms with Crippen LogP contribution in [0.4, 0.5) is 10.6 Å². The molecule has 0 spiro atoms. The van der Waals surface area contributed by atoms with Crippen LogP contribution in [0.3, 0.4) is 0 Å². The number of imidazole rings is 1. The summed E-state index contributed by atoms with van der Waals surface area (Å²) in [5.74, 6) is 1.44. The number of amides is 1. The topological polar surface area (TPSA) is 95.1 Å². The predicted molar refractivity (Wildman–Crippen MR) is 124 cm³/mol. The Morgan fingerprint density at radius 2 is 1.94 bits per heavy atom. The molecule has 0 unspecified atom stereocenters. The number of nitrogens with two attached hydrogens (primary N) is 1. The monoisotopic (exact) mass is 423 g/mol. The number of fused-ring (bicyclic) bond motifs is 1. The second-order valence-electron chi connectivity index (χ2n) is 10.2. The normalized spacial score (nSPS) is 13.5. The van der Waals surface area contributed by atoms with Gasteiger partial charge in [0.05, 0.1) is 16.6 Å². The molecule has 3 aromatic rings. The highest BCUT2D eigenvalue weighted by atomic mass is 16.6. The quantitative estimate of drug-likeness (QED) is 0.468. The number of hydrogen-bond donors (Lipinski definition) is 2. The molecule has 0 fully saturated rings. The molecule has 1 aromatic carbocycles. The minimum Gasteiger partial charge on any atom is -0.444 e. The Labute approximate surface area is 183 Å². The molecule has 31 heavy (non-hydrogen) atoms. The summed E-state index contributed by atoms with van der Waals surface area (Å²) in [6.07, 6.45) is 3.50. The predicted octanol–water partition coefficient (Wildman–Crippen LogP) is 4.72. The standard InChI is InChI=1S/C24H33N5O2/c1-7-8-9-17-27-19-20(18-15-10-14(11-15)12-16(18)26-21(19)25)29(17)13-24(5,6)28-22(30)31-23(2,3)4/h10,12H,7-9,11,13H2,1-6H3,(H2,25,26)(H,28,30). The van der Waals surface area contributed by atoms with Crippen molar-refractivity contribution in [3.63, 3.8) is 0 Å². The summed E-state index contributed by atoms with van der Waals surface area (Å²) in [5, 5.41) is 4.16. The van der Waals surface area contributed by atoms with Gasteiger partial charge < -0.3 is 20.4 Å². The van der Waals surface area contributed by atoms with Crippen LogP contribution in [0.5, 0.6) is 0 Å². The number of aromatic nitrogens is 3. The van der Waals surface area contributed by atoms with E-state index >= 15 is 0 Å². The lowest BCUT2D eigenvalue weighted by atomic mass is 9.88. The van der Waals surface area contributed by atoms with Gasteiger partial charge in [-0.15, -0.1) is 0 Å². The SMILES string of the molecule is CCCCc1nc2c(N)nc3cc4cc(c3c2n1CC(C)(C)NC(=O)OC(C)(C)C)C4. The number of nitrogens with zero attached hydrogens (tertiary/aromatic N) is 3. The van der Waals surface area contributed by atoms with E-state index in [4.69, 9.17) is 15.5 Å². The van der Waals surface area contributed by atoms with Crippen molar-refractivity contribution in [3.05, 3.63) is 29.1 Å². The second-order valence-corrected chi connectivity index (χ2v) is 10.2. The number of nitrogen functional groups attached to an aromatic ring is 1. The number of pyridine rings is 1. The van der Waals surface area contributed by atoms with E-state index in [-0.39, 0.29) is 0 Å². The molecule has 5 rings (SSSR count). The van der Waals surface area contributed by atoms with Gasteiger partial charge in [0.2, 0.25) is 0 Å². The Morgan fingerprint density at radius 1 is 1.23 bits per heavy atom. The molecule has 2 heterocycles. The van der Waals surface area contributed by atoms with Crippen molar-refractivity contribution in [2.24, 2.45) is 0 Å². The summed E-state index contributed by atoms with van der Waals surface area (Å²) in [5.41, 5.74) is 10.5. The van der Waals surface area contributed by atoms with Crippen LogP contribution in [-0.4, -0.2) is 31.8 Å². The van der Waals surface area contributed by atoms with E-state index < -0.39 is 17.2 Å². The third-order valence-corrected chi connectivity index (χ3v) is 5.57. The summed E-state index contributed by atoms with van der Waals surface area (Å²) in [4.78, 5) is 22.0. The van der Waals surface area contributed by atoms with Crippen molar-refractivity contribution >= 4 is 33.8 Å². The number of rotatable bonds is 6. The molecule has 0 saturated carbocycles. The summed E-state index contributed by atoms with van der Waals surface area (Å²) in [6.45, 7) is 12.3. The molecular weight excluding hydrogens is 390 g/mol. The van der Waals surface area contributed by atoms with Gasteiger partial charge in [-0.25, -0.2) is 14.8 Å². The fraction of sp³-hybridized carbons (Fsp3) is 0.542. The number of benzene rings is 1. The first kappa shape index (κ1) is 21.4. The number of hydrogen-bond acceptors (Lipinski definition) is 5. The molecule has 0 radical (unpaired) electrons. The third kappa shape index (κ3) is 4.18. The summed E-state index contributed by atoms with van der Waals surface area (Å²) >= 11 is 0. The van der Waals surface area contributed by atoms with Gasteiger partial charge in [0, 0.05) is 18.4 Å². The van der Waals surface area contributed by atoms with Crippen LogP contribution in [0, 0.1) is 0 Å². The first-order chi connectivity index (χ1) is 14.5. The molecule has 0 aliphatic heterocycles. The Kier molecular flexibility index (Phi) is 5.10. The Hall–Kier alpha value is -2.83. The summed E-state index contributed by atoms with van der Waals surface area (Å²) in [6, 6.07) is 4.33. The van der Waals surface area contributed by atoms with Gasteiger partial charge in [-0.2, -0.15) is 0 Å². The van der Waals surface area contributed by atoms with E-state index in [2.05, 4.69) is 33.9 Å². The third-order valence-electron chi connectivity index (χ3n) is 5.57. The number of carbonyl (C=O) groups is 1. The van der Waals surface area contributed by atoms with Gasteiger partial charge >= 0.3 is 6.09 Å². The van der Waals surface area contributed by atoms with Crippen LogP contribution >= 0.6 is 0 Å². The van der Waals surface area contributed by atoms with E-state index in [0.717, 1.165) is 53.4 Å². The molecule has 2 aliphatic carbocycles. The van der Waals surface area contributed by atoms with E-state index in [0.29, 0.717) is 12.4 Å². The Morgan fingerprint density at radius 3 is 2.58 bits per heavy atom. The van der Waals surface area contributed by atoms with Crippen molar-refractivity contribution in [1.82, 2.24) is 19.9 Å². The minimum absolute atomic E-state index is 0.422. The first-order valence-corrected chi connectivity index (χ1v) is 11.1. The fourth-order valence-corrected chi connectivity index (χ4v) is 4.27. The van der Waals surface area contributed by atoms with E-state index in [9.17, 15) is 4.79 Å². The maximum Gasteiger partial charge on any atom is 0.408 e. The number of alkyl carbamates (subject to hydrolysis) is 1. The van der Waals surface area contributed by atoms with Crippen LogP contribution in [-0.2, 0) is 24.1 Å². The largest absolute Gasteiger partial charge is 0.444 e. The van der Waals surface area contributed by atoms with Crippen molar-refractivity contribution in [3.8, 4) is 0 Å². The molecule has 1 amide bonds. The highest BCUT2D eigenvalue weighted by Crippen LogP contribution is 2.38. The molecule has 0 atom stereocenters. The van der Waals surface area contributed by atoms with E-state index in [1.54, 1.807) is 0 Å². The van der Waals surface area contributed by atoms with Crippen LogP contribution in [0.15, 0.2) is 12.1 Å². The molecule has 2 aliphatic rings. The average Bonchev–Trinajstić information content (AvgIpc) is 2.94. The maximum absolute atomic E-state index is 12.5. The first-order valence-electron chi connectivity index (χ1n) is 11.1. The van der Waals surface area contributed by atoms with Gasteiger partial charge in [-0.05, 0) is 64.7 Å². The Balaban J connectivity index is 1.80. The smallest absolute Gasteiger partial charge is 0.408 e. The van der Waals surface area contributed by atoms with Gasteiger partial charge in [0.15, 0.2) is 5.82 Å². The number of anilines is 1. The van der Waals surface area contributed by atoms with E-state index in [1.807, 2.05) is 34.6 Å². The Bertz CT molecular complexity index is 1170. The van der Waals surface area contributed by atoms with Crippen LogP contribution in [0.2, 0.25) is 0 Å². The number of nitrogens with one attached hydrogen (secondary N) is 1. The molecule has 2 aromatic heterocycles. The summed E-state index contributed by atoms with van der Waals surface area (Å²) in [7, 11) is 0. The average molecular weight is 424 g/mol. The van der Waals surface area contributed by atoms with Crippen LogP contribution in [0.25, 0.3) is 21.9 Å². The lowest BCUT2D eigenvalue weighted by molar-refractivity contribution is 0.0463. The number of aryl methyl sites for hydroxylation is 1. The molecule has 2 bridgehead atoms. The second kappa shape index (κ2) is 7.39. The highest BCUT2D eigenvalue weighted by Gasteiger charge is 2.29. The van der Waals surface area contributed by atoms with Crippen molar-refractivity contribution < 1.29 is 9.53 Å². The lowest BCUT2D eigenvalue weighted by Crippen LogP contribution is -2.48. The van der Waals surface area contributed by atoms with Crippen LogP contribution < -0.4 is 11.1 Å². The highest BCUT2D eigenvalue weighted by molar-refractivity contribution is 6.09.